The van der Waals surface area contributed by atoms with Crippen molar-refractivity contribution in [3.05, 3.63) is 47.8 Å². The van der Waals surface area contributed by atoms with Gasteiger partial charge in [0, 0.05) is 26.2 Å². The van der Waals surface area contributed by atoms with Crippen LogP contribution in [0.25, 0.3) is 10.2 Å². The molecule has 0 atom stereocenters. The number of nitrogens with zero attached hydrogens (tertiary/aromatic N) is 3. The number of anilines is 1. The third-order valence-electron chi connectivity index (χ3n) is 4.83. The van der Waals surface area contributed by atoms with Crippen LogP contribution in [-0.2, 0) is 0 Å². The summed E-state index contributed by atoms with van der Waals surface area (Å²) in [6, 6.07) is 9.93. The van der Waals surface area contributed by atoms with Crippen molar-refractivity contribution in [1.82, 2.24) is 9.88 Å². The number of amides is 1. The molecule has 0 saturated carbocycles. The molecule has 0 N–H and O–H groups in total. The van der Waals surface area contributed by atoms with Gasteiger partial charge < -0.3 is 19.3 Å². The molecule has 0 unspecified atom stereocenters. The van der Waals surface area contributed by atoms with Crippen molar-refractivity contribution in [3.63, 3.8) is 0 Å². The van der Waals surface area contributed by atoms with Gasteiger partial charge >= 0.3 is 0 Å². The molecule has 0 spiro atoms. The first-order valence-electron chi connectivity index (χ1n) is 8.92. The van der Waals surface area contributed by atoms with Gasteiger partial charge in [0.2, 0.25) is 0 Å². The molecule has 2 aromatic carbocycles. The minimum Gasteiger partial charge on any atom is -0.493 e. The minimum absolute atomic E-state index is 0.118. The number of methoxy groups -OCH3 is 2. The maximum atomic E-state index is 13.9. The van der Waals surface area contributed by atoms with Gasteiger partial charge in [-0.15, -0.1) is 0 Å². The van der Waals surface area contributed by atoms with Crippen LogP contribution in [0.3, 0.4) is 0 Å². The normalized spacial score (nSPS) is 14.4. The number of halogens is 1. The van der Waals surface area contributed by atoms with Gasteiger partial charge in [-0.05, 0) is 24.3 Å². The molecule has 1 aliphatic rings. The van der Waals surface area contributed by atoms with Crippen LogP contribution in [-0.4, -0.2) is 56.2 Å². The molecule has 1 aliphatic heterocycles. The second-order valence-electron chi connectivity index (χ2n) is 6.40. The minimum atomic E-state index is -0.484. The smallest absolute Gasteiger partial charge is 0.256 e. The van der Waals surface area contributed by atoms with Crippen LogP contribution in [0.15, 0.2) is 36.4 Å². The molecule has 6 nitrogen and oxygen atoms in total. The highest BCUT2D eigenvalue weighted by Crippen LogP contribution is 2.40. The van der Waals surface area contributed by atoms with Gasteiger partial charge in [-0.3, -0.25) is 4.79 Å². The molecular weight excluding hydrogens is 381 g/mol. The number of carbonyl (C=O) groups is 1. The molecular formula is C20H20FN3O3S. The van der Waals surface area contributed by atoms with Crippen molar-refractivity contribution in [2.75, 3.05) is 45.3 Å². The molecule has 2 heterocycles. The van der Waals surface area contributed by atoms with Crippen LogP contribution < -0.4 is 14.4 Å². The highest BCUT2D eigenvalue weighted by atomic mass is 32.1. The molecule has 1 saturated heterocycles. The van der Waals surface area contributed by atoms with E-state index in [-0.39, 0.29) is 11.5 Å². The molecule has 1 fully saturated rings. The van der Waals surface area contributed by atoms with Gasteiger partial charge in [-0.25, -0.2) is 9.37 Å². The number of carbonyl (C=O) groups excluding carboxylic acids is 1. The zero-order valence-electron chi connectivity index (χ0n) is 15.6. The lowest BCUT2D eigenvalue weighted by Crippen LogP contribution is -2.49. The van der Waals surface area contributed by atoms with Crippen LogP contribution in [0.2, 0.25) is 0 Å². The van der Waals surface area contributed by atoms with E-state index in [0.29, 0.717) is 37.7 Å². The molecule has 28 heavy (non-hydrogen) atoms. The van der Waals surface area contributed by atoms with Crippen molar-refractivity contribution in [2.45, 2.75) is 0 Å². The zero-order chi connectivity index (χ0) is 19.7. The van der Waals surface area contributed by atoms with Gasteiger partial charge in [0.15, 0.2) is 16.6 Å². The number of fused-ring (bicyclic) bond motifs is 1. The van der Waals surface area contributed by atoms with Crippen molar-refractivity contribution in [1.29, 1.82) is 0 Å². The van der Waals surface area contributed by atoms with E-state index in [9.17, 15) is 9.18 Å². The van der Waals surface area contributed by atoms with Crippen LogP contribution >= 0.6 is 11.3 Å². The SMILES string of the molecule is COc1ccc2sc(N3CCN(C(=O)c4ccccc4F)CC3)nc2c1OC. The molecule has 1 amide bonds. The van der Waals surface area contributed by atoms with Crippen molar-refractivity contribution in [2.24, 2.45) is 0 Å². The first-order valence-corrected chi connectivity index (χ1v) is 9.74. The van der Waals surface area contributed by atoms with Crippen LogP contribution in [0.4, 0.5) is 9.52 Å². The van der Waals surface area contributed by atoms with Crippen LogP contribution in [0.1, 0.15) is 10.4 Å². The Bertz CT molecular complexity index is 1020. The van der Waals surface area contributed by atoms with E-state index in [4.69, 9.17) is 14.5 Å². The number of hydrogen-bond acceptors (Lipinski definition) is 6. The Morgan fingerprint density at radius 1 is 1.07 bits per heavy atom. The van der Waals surface area contributed by atoms with E-state index in [1.807, 2.05) is 12.1 Å². The fraction of sp³-hybridized carbons (Fsp3) is 0.300. The summed E-state index contributed by atoms with van der Waals surface area (Å²) in [5, 5.41) is 0.875. The lowest BCUT2D eigenvalue weighted by atomic mass is 10.1. The summed E-state index contributed by atoms with van der Waals surface area (Å²) in [6.45, 7) is 2.31. The summed E-state index contributed by atoms with van der Waals surface area (Å²) in [5.41, 5.74) is 0.888. The molecule has 0 aliphatic carbocycles. The fourth-order valence-corrected chi connectivity index (χ4v) is 4.36. The van der Waals surface area contributed by atoms with Gasteiger partial charge in [-0.1, -0.05) is 23.5 Å². The molecule has 0 bridgehead atoms. The Kier molecular flexibility index (Phi) is 5.04. The predicted molar refractivity (Wildman–Crippen MR) is 107 cm³/mol. The average molecular weight is 401 g/mol. The monoisotopic (exact) mass is 401 g/mol. The Hall–Kier alpha value is -2.87. The predicted octanol–water partition coefficient (Wildman–Crippen LogP) is 3.42. The largest absolute Gasteiger partial charge is 0.493 e. The van der Waals surface area contributed by atoms with E-state index < -0.39 is 5.82 Å². The lowest BCUT2D eigenvalue weighted by Gasteiger charge is -2.34. The van der Waals surface area contributed by atoms with E-state index in [2.05, 4.69) is 4.90 Å². The maximum Gasteiger partial charge on any atom is 0.256 e. The third kappa shape index (κ3) is 3.24. The number of rotatable bonds is 4. The van der Waals surface area contributed by atoms with Crippen LogP contribution in [0, 0.1) is 5.82 Å². The van der Waals surface area contributed by atoms with Crippen molar-refractivity contribution in [3.8, 4) is 11.5 Å². The summed E-state index contributed by atoms with van der Waals surface area (Å²) in [4.78, 5) is 21.1. The molecule has 3 aromatic rings. The van der Waals surface area contributed by atoms with Gasteiger partial charge in [0.1, 0.15) is 11.3 Å². The third-order valence-corrected chi connectivity index (χ3v) is 5.91. The van der Waals surface area contributed by atoms with Crippen molar-refractivity contribution < 1.29 is 18.7 Å². The summed E-state index contributed by atoms with van der Waals surface area (Å²) in [7, 11) is 3.20. The Morgan fingerprint density at radius 3 is 2.50 bits per heavy atom. The average Bonchev–Trinajstić information content (AvgIpc) is 3.17. The summed E-state index contributed by atoms with van der Waals surface area (Å²) in [6.07, 6.45) is 0. The van der Waals surface area contributed by atoms with E-state index >= 15 is 0 Å². The number of thiazole rings is 1. The number of aromatic nitrogens is 1. The van der Waals surface area contributed by atoms with Gasteiger partial charge in [0.05, 0.1) is 24.5 Å². The number of hydrogen-bond donors (Lipinski definition) is 0. The Balaban J connectivity index is 1.51. The standard InChI is InChI=1S/C20H20FN3O3S/c1-26-15-7-8-16-17(18(15)27-2)22-20(28-16)24-11-9-23(10-12-24)19(25)13-5-3-4-6-14(13)21/h3-8H,9-12H2,1-2H3. The number of ether oxygens (including phenoxy) is 2. The quantitative estimate of drug-likeness (QED) is 0.671. The maximum absolute atomic E-state index is 13.9. The Morgan fingerprint density at radius 2 is 1.82 bits per heavy atom. The topological polar surface area (TPSA) is 54.9 Å². The van der Waals surface area contributed by atoms with E-state index in [1.54, 1.807) is 42.6 Å². The van der Waals surface area contributed by atoms with Gasteiger partial charge in [-0.2, -0.15) is 0 Å². The molecule has 1 aromatic heterocycles. The number of benzene rings is 2. The first kappa shape index (κ1) is 18.5. The summed E-state index contributed by atoms with van der Waals surface area (Å²) in [5.74, 6) is 0.513. The highest BCUT2D eigenvalue weighted by molar-refractivity contribution is 7.22. The highest BCUT2D eigenvalue weighted by Gasteiger charge is 2.26. The summed E-state index contributed by atoms with van der Waals surface area (Å²) < 4.78 is 25.7. The summed E-state index contributed by atoms with van der Waals surface area (Å²) >= 11 is 1.58. The lowest BCUT2D eigenvalue weighted by molar-refractivity contribution is 0.0742. The first-order chi connectivity index (χ1) is 13.6. The van der Waals surface area contributed by atoms with Crippen molar-refractivity contribution >= 4 is 32.6 Å². The second kappa shape index (κ2) is 7.63. The molecule has 4 rings (SSSR count). The second-order valence-corrected chi connectivity index (χ2v) is 7.41. The van der Waals surface area contributed by atoms with E-state index in [1.165, 1.54) is 12.1 Å². The van der Waals surface area contributed by atoms with Gasteiger partial charge in [0.25, 0.3) is 5.91 Å². The molecule has 0 radical (unpaired) electrons. The zero-order valence-corrected chi connectivity index (χ0v) is 16.5. The number of piperazine rings is 1. The van der Waals surface area contributed by atoms with Crippen LogP contribution in [0.5, 0.6) is 11.5 Å². The fourth-order valence-electron chi connectivity index (χ4n) is 3.34. The Labute approximate surface area is 166 Å². The van der Waals surface area contributed by atoms with E-state index in [0.717, 1.165) is 15.3 Å². The molecule has 8 heteroatoms. The molecule has 146 valence electrons.